The first-order valence-electron chi connectivity index (χ1n) is 6.09. The zero-order chi connectivity index (χ0) is 14.0. The Labute approximate surface area is 126 Å². The van der Waals surface area contributed by atoms with Crippen LogP contribution in [0.5, 0.6) is 0 Å². The van der Waals surface area contributed by atoms with Crippen molar-refractivity contribution in [1.82, 2.24) is 0 Å². The maximum atomic E-state index is 12.5. The third-order valence-electron chi connectivity index (χ3n) is 3.03. The van der Waals surface area contributed by atoms with E-state index in [9.17, 15) is 4.79 Å². The van der Waals surface area contributed by atoms with Crippen molar-refractivity contribution in [3.63, 3.8) is 0 Å². The first-order valence-corrected chi connectivity index (χ1v) is 7.26. The molecule has 0 aliphatic carbocycles. The van der Waals surface area contributed by atoms with Crippen LogP contribution in [0, 0.1) is 0 Å². The van der Waals surface area contributed by atoms with Crippen LogP contribution in [-0.4, -0.2) is 5.78 Å². The molecule has 98 valence electrons. The van der Waals surface area contributed by atoms with E-state index in [-0.39, 0.29) is 5.78 Å². The third kappa shape index (κ3) is 3.07. The fourth-order valence-electron chi connectivity index (χ4n) is 1.88. The minimum absolute atomic E-state index is 0.0622. The average Bonchev–Trinajstić information content (AvgIpc) is 2.38. The summed E-state index contributed by atoms with van der Waals surface area (Å²) < 4.78 is 0.720. The van der Waals surface area contributed by atoms with Crippen molar-refractivity contribution in [2.24, 2.45) is 0 Å². The van der Waals surface area contributed by atoms with Gasteiger partial charge in [0.1, 0.15) is 0 Å². The van der Waals surface area contributed by atoms with Crippen molar-refractivity contribution in [1.29, 1.82) is 0 Å². The molecular formula is C16H14BrClO. The lowest BCUT2D eigenvalue weighted by molar-refractivity contribution is 0.103. The van der Waals surface area contributed by atoms with Crippen LogP contribution >= 0.6 is 27.5 Å². The molecule has 2 aromatic carbocycles. The third-order valence-corrected chi connectivity index (χ3v) is 4.01. The van der Waals surface area contributed by atoms with Crippen molar-refractivity contribution < 1.29 is 4.79 Å². The number of hydrogen-bond acceptors (Lipinski definition) is 1. The second-order valence-corrected chi connectivity index (χ2v) is 5.96. The summed E-state index contributed by atoms with van der Waals surface area (Å²) in [7, 11) is 0. The van der Waals surface area contributed by atoms with Gasteiger partial charge in [-0.15, -0.1) is 0 Å². The van der Waals surface area contributed by atoms with Gasteiger partial charge in [-0.2, -0.15) is 0 Å². The summed E-state index contributed by atoms with van der Waals surface area (Å²) in [5.74, 6) is 0.393. The van der Waals surface area contributed by atoms with E-state index in [2.05, 4.69) is 29.8 Å². The first-order chi connectivity index (χ1) is 9.00. The van der Waals surface area contributed by atoms with Crippen molar-refractivity contribution in [3.8, 4) is 0 Å². The van der Waals surface area contributed by atoms with Crippen LogP contribution in [0.4, 0.5) is 0 Å². The molecule has 2 rings (SSSR count). The summed E-state index contributed by atoms with van der Waals surface area (Å²) in [5, 5.41) is 0.465. The largest absolute Gasteiger partial charge is 0.289 e. The van der Waals surface area contributed by atoms with Gasteiger partial charge in [0.05, 0.1) is 10.6 Å². The van der Waals surface area contributed by atoms with Gasteiger partial charge in [-0.05, 0) is 39.5 Å². The molecule has 0 unspecified atom stereocenters. The number of halogens is 2. The van der Waals surface area contributed by atoms with Gasteiger partial charge in [-0.3, -0.25) is 4.79 Å². The molecule has 1 nitrogen and oxygen atoms in total. The van der Waals surface area contributed by atoms with E-state index < -0.39 is 0 Å². The van der Waals surface area contributed by atoms with Gasteiger partial charge in [0.15, 0.2) is 5.78 Å². The number of hydrogen-bond donors (Lipinski definition) is 0. The summed E-state index contributed by atoms with van der Waals surface area (Å²) in [6, 6.07) is 13.0. The van der Waals surface area contributed by atoms with Crippen molar-refractivity contribution in [2.45, 2.75) is 19.8 Å². The Balaban J connectivity index is 2.39. The minimum Gasteiger partial charge on any atom is -0.289 e. The molecule has 0 spiro atoms. The Bertz CT molecular complexity index is 582. The summed E-state index contributed by atoms with van der Waals surface area (Å²) in [6.45, 7) is 4.25. The smallest absolute Gasteiger partial charge is 0.195 e. The number of ketones is 1. The molecule has 0 aliphatic rings. The van der Waals surface area contributed by atoms with Gasteiger partial charge in [0.25, 0.3) is 0 Å². The van der Waals surface area contributed by atoms with E-state index in [1.807, 2.05) is 36.4 Å². The summed E-state index contributed by atoms with van der Waals surface area (Å²) in [6.07, 6.45) is 0. The van der Waals surface area contributed by atoms with Crippen LogP contribution in [-0.2, 0) is 0 Å². The molecular weight excluding hydrogens is 324 g/mol. The predicted octanol–water partition coefficient (Wildman–Crippen LogP) is 5.46. The molecule has 0 aliphatic heterocycles. The van der Waals surface area contributed by atoms with E-state index in [1.54, 1.807) is 6.07 Å². The SMILES string of the molecule is CC(C)c1ccc(C(=O)c2c(Cl)cccc2Br)cc1. The van der Waals surface area contributed by atoms with E-state index >= 15 is 0 Å². The van der Waals surface area contributed by atoms with Crippen LogP contribution < -0.4 is 0 Å². The van der Waals surface area contributed by atoms with Gasteiger partial charge in [-0.1, -0.05) is 55.8 Å². The molecule has 0 radical (unpaired) electrons. The molecule has 19 heavy (non-hydrogen) atoms. The van der Waals surface area contributed by atoms with Crippen LogP contribution in [0.25, 0.3) is 0 Å². The van der Waals surface area contributed by atoms with Crippen molar-refractivity contribution in [2.75, 3.05) is 0 Å². The van der Waals surface area contributed by atoms with Gasteiger partial charge in [0.2, 0.25) is 0 Å². The summed E-state index contributed by atoms with van der Waals surface area (Å²) in [4.78, 5) is 12.5. The fourth-order valence-corrected chi connectivity index (χ4v) is 2.80. The van der Waals surface area contributed by atoms with Gasteiger partial charge in [0, 0.05) is 10.0 Å². The highest BCUT2D eigenvalue weighted by Crippen LogP contribution is 2.27. The maximum absolute atomic E-state index is 12.5. The number of benzene rings is 2. The molecule has 0 bridgehead atoms. The normalized spacial score (nSPS) is 10.8. The van der Waals surface area contributed by atoms with Gasteiger partial charge >= 0.3 is 0 Å². The topological polar surface area (TPSA) is 17.1 Å². The number of carbonyl (C=O) groups excluding carboxylic acids is 1. The first kappa shape index (κ1) is 14.3. The highest BCUT2D eigenvalue weighted by molar-refractivity contribution is 9.10. The lowest BCUT2D eigenvalue weighted by Crippen LogP contribution is -2.03. The predicted molar refractivity (Wildman–Crippen MR) is 83.1 cm³/mol. The Morgan fingerprint density at radius 3 is 2.26 bits per heavy atom. The highest BCUT2D eigenvalue weighted by atomic mass is 79.9. The van der Waals surface area contributed by atoms with Crippen molar-refractivity contribution >= 4 is 33.3 Å². The molecule has 3 heteroatoms. The fraction of sp³-hybridized carbons (Fsp3) is 0.188. The molecule has 0 saturated heterocycles. The van der Waals surface area contributed by atoms with E-state index in [0.717, 1.165) is 4.47 Å². The average molecular weight is 338 g/mol. The van der Waals surface area contributed by atoms with Gasteiger partial charge in [-0.25, -0.2) is 0 Å². The molecule has 0 heterocycles. The standard InChI is InChI=1S/C16H14BrClO/c1-10(2)11-6-8-12(9-7-11)16(19)15-13(17)4-3-5-14(15)18/h3-10H,1-2H3. The van der Waals surface area contributed by atoms with Crippen LogP contribution in [0.15, 0.2) is 46.9 Å². The maximum Gasteiger partial charge on any atom is 0.195 e. The quantitative estimate of drug-likeness (QED) is 0.680. The second kappa shape index (κ2) is 5.89. The van der Waals surface area contributed by atoms with E-state index in [0.29, 0.717) is 22.1 Å². The van der Waals surface area contributed by atoms with Crippen LogP contribution in [0.1, 0.15) is 41.3 Å². The second-order valence-electron chi connectivity index (χ2n) is 4.70. The Hall–Kier alpha value is -1.12. The molecule has 0 aromatic heterocycles. The molecule has 0 atom stereocenters. The Morgan fingerprint density at radius 1 is 1.11 bits per heavy atom. The lowest BCUT2D eigenvalue weighted by Gasteiger charge is -2.08. The number of carbonyl (C=O) groups is 1. The Morgan fingerprint density at radius 2 is 1.74 bits per heavy atom. The Kier molecular flexibility index (Phi) is 4.43. The minimum atomic E-state index is -0.0622. The van der Waals surface area contributed by atoms with Crippen LogP contribution in [0.3, 0.4) is 0 Å². The molecule has 2 aromatic rings. The van der Waals surface area contributed by atoms with Gasteiger partial charge < -0.3 is 0 Å². The lowest BCUT2D eigenvalue weighted by atomic mass is 9.98. The highest BCUT2D eigenvalue weighted by Gasteiger charge is 2.16. The van der Waals surface area contributed by atoms with Crippen LogP contribution in [0.2, 0.25) is 5.02 Å². The molecule has 0 fully saturated rings. The summed E-state index contributed by atoms with van der Waals surface area (Å²) >= 11 is 9.48. The van der Waals surface area contributed by atoms with E-state index in [1.165, 1.54) is 5.56 Å². The zero-order valence-electron chi connectivity index (χ0n) is 10.8. The molecule has 0 N–H and O–H groups in total. The number of rotatable bonds is 3. The monoisotopic (exact) mass is 336 g/mol. The zero-order valence-corrected chi connectivity index (χ0v) is 13.1. The van der Waals surface area contributed by atoms with Crippen molar-refractivity contribution in [3.05, 3.63) is 68.7 Å². The molecule has 0 amide bonds. The van der Waals surface area contributed by atoms with E-state index in [4.69, 9.17) is 11.6 Å². The summed E-state index contributed by atoms with van der Waals surface area (Å²) in [5.41, 5.74) is 2.38. The molecule has 0 saturated carbocycles.